The Hall–Kier alpha value is -4.13. The van der Waals surface area contributed by atoms with Crippen LogP contribution in [0.3, 0.4) is 0 Å². The number of carbonyl (C=O) groups is 4. The van der Waals surface area contributed by atoms with Crippen LogP contribution in [0.2, 0.25) is 0 Å². The van der Waals surface area contributed by atoms with E-state index >= 15 is 0 Å². The summed E-state index contributed by atoms with van der Waals surface area (Å²) >= 11 is 0.743. The molecule has 0 saturated carbocycles. The molecule has 2 fully saturated rings. The number of Topliss-reactive ketones (excluding diaryl/α,β-unsaturated/α-hetero) is 4. The second-order valence-electron chi connectivity index (χ2n) is 13.2. The van der Waals surface area contributed by atoms with Gasteiger partial charge in [0.1, 0.15) is 59.4 Å². The zero-order chi connectivity index (χ0) is 40.1. The molecule has 2 saturated heterocycles. The smallest absolute Gasteiger partial charge is 0.163 e. The van der Waals surface area contributed by atoms with E-state index in [1.54, 1.807) is 48.5 Å². The molecule has 0 aliphatic carbocycles. The highest BCUT2D eigenvalue weighted by atomic mass is 32.2. The van der Waals surface area contributed by atoms with E-state index in [0.29, 0.717) is 22.6 Å². The Morgan fingerprint density at radius 3 is 1.29 bits per heavy atom. The van der Waals surface area contributed by atoms with Crippen LogP contribution in [0.5, 0.6) is 11.5 Å². The summed E-state index contributed by atoms with van der Waals surface area (Å²) in [4.78, 5) is 51.5. The highest BCUT2D eigenvalue weighted by Crippen LogP contribution is 2.41. The zero-order valence-electron chi connectivity index (χ0n) is 30.0. The van der Waals surface area contributed by atoms with Gasteiger partial charge in [-0.25, -0.2) is 0 Å². The number of rotatable bonds is 20. The molecule has 0 spiro atoms. The van der Waals surface area contributed by atoms with Gasteiger partial charge in [0.05, 0.1) is 37.6 Å². The van der Waals surface area contributed by atoms with E-state index in [-0.39, 0.29) is 63.3 Å². The molecule has 4 rings (SSSR count). The molecule has 0 radical (unpaired) electrons. The minimum absolute atomic E-state index is 0.0679. The molecule has 4 unspecified atom stereocenters. The molecule has 10 atom stereocenters. The number of benzene rings is 2. The summed E-state index contributed by atoms with van der Waals surface area (Å²) in [6, 6.07) is 12.5. The lowest BCUT2D eigenvalue weighted by atomic mass is 9.84. The lowest BCUT2D eigenvalue weighted by Gasteiger charge is -2.46. The van der Waals surface area contributed by atoms with Gasteiger partial charge in [-0.05, 0) is 48.5 Å². The van der Waals surface area contributed by atoms with Gasteiger partial charge in [-0.2, -0.15) is 0 Å². The second kappa shape index (κ2) is 21.2. The molecule has 296 valence electrons. The number of aliphatic hydroxyl groups excluding tert-OH is 6. The van der Waals surface area contributed by atoms with E-state index in [2.05, 4.69) is 11.8 Å². The highest BCUT2D eigenvalue weighted by Gasteiger charge is 2.50. The Morgan fingerprint density at radius 2 is 0.964 bits per heavy atom. The maximum absolute atomic E-state index is 13.0. The first kappa shape index (κ1) is 43.6. The predicted molar refractivity (Wildman–Crippen MR) is 198 cm³/mol. The number of aliphatic hydroxyl groups is 6. The summed E-state index contributed by atoms with van der Waals surface area (Å²) in [5, 5.41) is 64.4. The van der Waals surface area contributed by atoms with Crippen molar-refractivity contribution in [2.75, 3.05) is 26.4 Å². The predicted octanol–water partition coefficient (Wildman–Crippen LogP) is 1.10. The van der Waals surface area contributed by atoms with Gasteiger partial charge in [-0.1, -0.05) is 23.6 Å². The zero-order valence-corrected chi connectivity index (χ0v) is 30.8. The van der Waals surface area contributed by atoms with Crippen molar-refractivity contribution < 1.29 is 68.8 Å². The maximum Gasteiger partial charge on any atom is 0.163 e. The first-order chi connectivity index (χ1) is 26.4. The molecule has 0 amide bonds. The minimum atomic E-state index is -1.53. The van der Waals surface area contributed by atoms with E-state index in [1.807, 2.05) is 0 Å². The van der Waals surface area contributed by atoms with Crippen LogP contribution in [0.25, 0.3) is 0 Å². The van der Waals surface area contributed by atoms with Crippen LogP contribution in [-0.4, -0.2) is 128 Å². The van der Waals surface area contributed by atoms with E-state index in [0.717, 1.165) is 11.8 Å². The number of ketones is 4. The summed E-state index contributed by atoms with van der Waals surface area (Å²) < 4.78 is 22.1. The minimum Gasteiger partial charge on any atom is -0.481 e. The van der Waals surface area contributed by atoms with Crippen molar-refractivity contribution in [3.8, 4) is 36.2 Å². The second-order valence-corrected chi connectivity index (χ2v) is 14.4. The molecule has 0 aromatic heterocycles. The van der Waals surface area contributed by atoms with Crippen molar-refractivity contribution >= 4 is 34.9 Å². The van der Waals surface area contributed by atoms with Gasteiger partial charge in [-0.15, -0.1) is 12.8 Å². The molecule has 15 heteroatoms. The topological polar surface area (TPSA) is 227 Å². The summed E-state index contributed by atoms with van der Waals surface area (Å²) in [6.07, 6.45) is 0.495. The van der Waals surface area contributed by atoms with E-state index in [9.17, 15) is 49.8 Å². The quantitative estimate of drug-likeness (QED) is 0.0817. The number of terminal acetylenes is 2. The van der Waals surface area contributed by atoms with Crippen LogP contribution in [-0.2, 0) is 19.1 Å². The Balaban J connectivity index is 1.35. The van der Waals surface area contributed by atoms with Crippen molar-refractivity contribution in [1.29, 1.82) is 0 Å². The summed E-state index contributed by atoms with van der Waals surface area (Å²) in [6.45, 7) is -1.22. The third-order valence-electron chi connectivity index (χ3n) is 9.51. The van der Waals surface area contributed by atoms with Gasteiger partial charge in [-0.3, -0.25) is 19.2 Å². The Bertz CT molecular complexity index is 1560. The summed E-state index contributed by atoms with van der Waals surface area (Å²) in [7, 11) is 0. The average Bonchev–Trinajstić information content (AvgIpc) is 3.19. The average molecular weight is 783 g/mol. The number of hydrogen-bond acceptors (Lipinski definition) is 15. The van der Waals surface area contributed by atoms with Crippen LogP contribution >= 0.6 is 11.8 Å². The number of carbonyl (C=O) groups excluding carboxylic acids is 4. The molecule has 6 N–H and O–H groups in total. The Labute approximate surface area is 323 Å². The molecule has 2 aromatic rings. The van der Waals surface area contributed by atoms with Gasteiger partial charge in [0.15, 0.2) is 11.6 Å². The largest absolute Gasteiger partial charge is 0.481 e. The molecular weight excluding hydrogens is 736 g/mol. The highest BCUT2D eigenvalue weighted by molar-refractivity contribution is 8.00. The molecular formula is C40H46O14S. The fourth-order valence-electron chi connectivity index (χ4n) is 6.42. The van der Waals surface area contributed by atoms with Gasteiger partial charge in [0.2, 0.25) is 0 Å². The molecule has 55 heavy (non-hydrogen) atoms. The number of thioether (sulfide) groups is 1. The number of ether oxygens (including phenoxy) is 4. The van der Waals surface area contributed by atoms with Crippen molar-refractivity contribution in [2.45, 2.75) is 86.0 Å². The third-order valence-corrected chi connectivity index (χ3v) is 10.8. The van der Waals surface area contributed by atoms with Crippen molar-refractivity contribution in [2.24, 2.45) is 11.8 Å². The summed E-state index contributed by atoms with van der Waals surface area (Å²) in [5.41, 5.74) is -1.85. The first-order valence-electron chi connectivity index (χ1n) is 17.7. The molecule has 2 aliphatic rings. The van der Waals surface area contributed by atoms with E-state index < -0.39 is 84.1 Å². The maximum atomic E-state index is 13.0. The SMILES string of the molecule is C#CCOc1ccc(C(=O)CCC(=O)CC2C(O)[C@H](S[C@@H]3OC(CO)[C@H](O)[C@H](CC(=O)CCC(=O)c4ccc(OCC#C)cc4)C3O)O[C@H](CO)[C@@H]2O)cc1. The monoisotopic (exact) mass is 782 g/mol. The van der Waals surface area contributed by atoms with Crippen LogP contribution in [0.15, 0.2) is 48.5 Å². The normalized spacial score (nSPS) is 27.6. The fourth-order valence-corrected chi connectivity index (χ4v) is 7.82. The van der Waals surface area contributed by atoms with Crippen molar-refractivity contribution in [3.05, 3.63) is 59.7 Å². The van der Waals surface area contributed by atoms with Gasteiger partial charge < -0.3 is 49.6 Å². The van der Waals surface area contributed by atoms with E-state index in [4.69, 9.17) is 31.8 Å². The Kier molecular flexibility index (Phi) is 16.8. The van der Waals surface area contributed by atoms with Crippen LogP contribution in [0.4, 0.5) is 0 Å². The third kappa shape index (κ3) is 11.9. The van der Waals surface area contributed by atoms with Gasteiger partial charge in [0.25, 0.3) is 0 Å². The molecule has 14 nitrogen and oxygen atoms in total. The molecule has 2 heterocycles. The number of hydrogen-bond donors (Lipinski definition) is 6. The van der Waals surface area contributed by atoms with E-state index in [1.165, 1.54) is 0 Å². The van der Waals surface area contributed by atoms with Crippen LogP contribution in [0, 0.1) is 36.5 Å². The van der Waals surface area contributed by atoms with Crippen molar-refractivity contribution in [1.82, 2.24) is 0 Å². The van der Waals surface area contributed by atoms with Crippen molar-refractivity contribution in [3.63, 3.8) is 0 Å². The van der Waals surface area contributed by atoms with Gasteiger partial charge in [0, 0.05) is 61.5 Å². The Morgan fingerprint density at radius 1 is 0.600 bits per heavy atom. The summed E-state index contributed by atoms with van der Waals surface area (Å²) in [5.74, 6) is 1.86. The van der Waals surface area contributed by atoms with Crippen LogP contribution in [0.1, 0.15) is 59.2 Å². The molecule has 2 aliphatic heterocycles. The molecule has 0 bridgehead atoms. The fraction of sp³-hybridized carbons (Fsp3) is 0.500. The van der Waals surface area contributed by atoms with Gasteiger partial charge >= 0.3 is 0 Å². The standard InChI is InChI=1S/C40H46O14S/c1-3-17-51-27-11-5-23(6-12-27)31(45)15-9-25(43)19-29-35(47)33(21-41)53-39(37(29)49)55-40-38(50)30(36(48)34(22-42)54-40)20-26(44)10-16-32(46)24-7-13-28(14-8-24)52-18-4-2/h1-2,5-8,11-14,29-30,33-42,47-50H,9-10,15-22H2/t29-,30?,33?,34+,35+,36+,37?,38?,39-,40-/m0/s1. The lowest BCUT2D eigenvalue weighted by molar-refractivity contribution is -0.194. The van der Waals surface area contributed by atoms with Crippen LogP contribution < -0.4 is 9.47 Å². The lowest BCUT2D eigenvalue weighted by Crippen LogP contribution is -2.58. The first-order valence-corrected chi connectivity index (χ1v) is 18.7. The molecule has 2 aromatic carbocycles.